The van der Waals surface area contributed by atoms with Gasteiger partial charge in [-0.3, -0.25) is 0 Å². The van der Waals surface area contributed by atoms with E-state index in [4.69, 9.17) is 0 Å². The van der Waals surface area contributed by atoms with E-state index in [9.17, 15) is 18.7 Å². The van der Waals surface area contributed by atoms with E-state index in [1.54, 1.807) is 6.92 Å². The summed E-state index contributed by atoms with van der Waals surface area (Å²) in [4.78, 5) is 11.5. The zero-order chi connectivity index (χ0) is 17.3. The van der Waals surface area contributed by atoms with Crippen LogP contribution in [-0.4, -0.2) is 15.6 Å². The molecule has 0 bridgehead atoms. The molecule has 1 saturated carbocycles. The fourth-order valence-corrected chi connectivity index (χ4v) is 3.64. The molecule has 1 aliphatic carbocycles. The van der Waals surface area contributed by atoms with Gasteiger partial charge in [-0.15, -0.1) is 0 Å². The Morgan fingerprint density at radius 3 is 2.58 bits per heavy atom. The molecule has 0 atom stereocenters. The number of rotatable bonds is 4. The first-order chi connectivity index (χ1) is 11.5. The summed E-state index contributed by atoms with van der Waals surface area (Å²) in [6, 6.07) is 4.74. The molecular formula is C19H21F2NO2. The predicted octanol–water partition coefficient (Wildman–Crippen LogP) is 5.02. The molecule has 5 heteroatoms. The maximum atomic E-state index is 14.2. The number of hydrogen-bond donors (Lipinski definition) is 1. The highest BCUT2D eigenvalue weighted by atomic mass is 19.1. The molecule has 0 unspecified atom stereocenters. The molecule has 1 aliphatic rings. The van der Waals surface area contributed by atoms with Crippen LogP contribution in [0.3, 0.4) is 0 Å². The smallest absolute Gasteiger partial charge is 0.337 e. The van der Waals surface area contributed by atoms with Crippen LogP contribution in [-0.2, 0) is 6.54 Å². The third-order valence-electron chi connectivity index (χ3n) is 4.97. The van der Waals surface area contributed by atoms with Gasteiger partial charge >= 0.3 is 5.97 Å². The van der Waals surface area contributed by atoms with Crippen LogP contribution < -0.4 is 0 Å². The van der Waals surface area contributed by atoms with Crippen LogP contribution in [0.4, 0.5) is 8.78 Å². The third kappa shape index (κ3) is 3.21. The number of nitrogens with zero attached hydrogens (tertiary/aromatic N) is 1. The maximum Gasteiger partial charge on any atom is 0.337 e. The summed E-state index contributed by atoms with van der Waals surface area (Å²) in [6.45, 7) is 2.37. The normalized spacial score (nSPS) is 15.6. The van der Waals surface area contributed by atoms with Crippen molar-refractivity contribution in [3.05, 3.63) is 47.2 Å². The van der Waals surface area contributed by atoms with E-state index < -0.39 is 17.6 Å². The Bertz CT molecular complexity index is 761. The van der Waals surface area contributed by atoms with Crippen molar-refractivity contribution in [2.24, 2.45) is 5.92 Å². The summed E-state index contributed by atoms with van der Waals surface area (Å²) in [6.07, 6.45) is 5.74. The molecular weight excluding hydrogens is 312 g/mol. The number of aromatic carboxylic acids is 1. The first-order valence-electron chi connectivity index (χ1n) is 8.36. The molecule has 24 heavy (non-hydrogen) atoms. The zero-order valence-corrected chi connectivity index (χ0v) is 13.7. The molecule has 3 rings (SSSR count). The molecule has 3 nitrogen and oxygen atoms in total. The van der Waals surface area contributed by atoms with E-state index >= 15 is 0 Å². The van der Waals surface area contributed by atoms with Gasteiger partial charge in [-0.25, -0.2) is 13.6 Å². The van der Waals surface area contributed by atoms with Crippen molar-refractivity contribution < 1.29 is 18.7 Å². The number of hydrogen-bond acceptors (Lipinski definition) is 1. The van der Waals surface area contributed by atoms with Crippen molar-refractivity contribution in [2.45, 2.75) is 45.6 Å². The Morgan fingerprint density at radius 1 is 1.21 bits per heavy atom. The SMILES string of the molecule is Cc1c(C(=O)O)cc(-c2cc(F)ccc2F)n1CC1CCCCC1. The highest BCUT2D eigenvalue weighted by molar-refractivity contribution is 5.91. The second-order valence-corrected chi connectivity index (χ2v) is 6.57. The number of carboxylic acid groups (broad SMARTS) is 1. The molecule has 1 heterocycles. The maximum absolute atomic E-state index is 14.2. The van der Waals surface area contributed by atoms with Crippen LogP contribution >= 0.6 is 0 Å². The van der Waals surface area contributed by atoms with E-state index in [-0.39, 0.29) is 11.1 Å². The largest absolute Gasteiger partial charge is 0.478 e. The fraction of sp³-hybridized carbons (Fsp3) is 0.421. The zero-order valence-electron chi connectivity index (χ0n) is 13.7. The van der Waals surface area contributed by atoms with E-state index in [0.717, 1.165) is 31.0 Å². The van der Waals surface area contributed by atoms with E-state index in [0.29, 0.717) is 23.9 Å². The van der Waals surface area contributed by atoms with Gasteiger partial charge < -0.3 is 9.67 Å². The number of halogens is 2. The number of benzene rings is 1. The minimum Gasteiger partial charge on any atom is -0.478 e. The van der Waals surface area contributed by atoms with E-state index in [1.807, 2.05) is 4.57 Å². The number of aromatic nitrogens is 1. The van der Waals surface area contributed by atoms with Crippen LogP contribution in [0, 0.1) is 24.5 Å². The van der Waals surface area contributed by atoms with Gasteiger partial charge in [-0.2, -0.15) is 0 Å². The van der Waals surface area contributed by atoms with Crippen LogP contribution in [0.1, 0.15) is 48.2 Å². The Kier molecular flexibility index (Phi) is 4.69. The minimum atomic E-state index is -1.05. The summed E-state index contributed by atoms with van der Waals surface area (Å²) in [7, 11) is 0. The lowest BCUT2D eigenvalue weighted by Crippen LogP contribution is -2.16. The molecule has 0 spiro atoms. The lowest BCUT2D eigenvalue weighted by Gasteiger charge is -2.24. The van der Waals surface area contributed by atoms with Gasteiger partial charge in [0.2, 0.25) is 0 Å². The Hall–Kier alpha value is -2.17. The Labute approximate surface area is 139 Å². The van der Waals surface area contributed by atoms with Gasteiger partial charge in [0.25, 0.3) is 0 Å². The van der Waals surface area contributed by atoms with E-state index in [2.05, 4.69) is 0 Å². The first kappa shape index (κ1) is 16.7. The second-order valence-electron chi connectivity index (χ2n) is 6.57. The van der Waals surface area contributed by atoms with Crippen molar-refractivity contribution in [1.29, 1.82) is 0 Å². The number of carboxylic acids is 1. The summed E-state index contributed by atoms with van der Waals surface area (Å²) < 4.78 is 29.7. The summed E-state index contributed by atoms with van der Waals surface area (Å²) >= 11 is 0. The van der Waals surface area contributed by atoms with Crippen molar-refractivity contribution in [3.8, 4) is 11.3 Å². The predicted molar refractivity (Wildman–Crippen MR) is 88.1 cm³/mol. The Balaban J connectivity index is 2.08. The number of carbonyl (C=O) groups is 1. The molecule has 0 saturated heterocycles. The monoisotopic (exact) mass is 333 g/mol. The molecule has 128 valence electrons. The van der Waals surface area contributed by atoms with Crippen molar-refractivity contribution in [2.75, 3.05) is 0 Å². The van der Waals surface area contributed by atoms with E-state index in [1.165, 1.54) is 25.3 Å². The first-order valence-corrected chi connectivity index (χ1v) is 8.36. The molecule has 2 aromatic rings. The van der Waals surface area contributed by atoms with Crippen LogP contribution in [0.25, 0.3) is 11.3 Å². The fourth-order valence-electron chi connectivity index (χ4n) is 3.64. The quantitative estimate of drug-likeness (QED) is 0.853. The van der Waals surface area contributed by atoms with Crippen LogP contribution in [0.5, 0.6) is 0 Å². The lowest BCUT2D eigenvalue weighted by molar-refractivity contribution is 0.0696. The molecule has 0 amide bonds. The molecule has 0 radical (unpaired) electrons. The topological polar surface area (TPSA) is 42.2 Å². The average Bonchev–Trinajstić information content (AvgIpc) is 2.88. The van der Waals surface area contributed by atoms with Gasteiger partial charge in [0.05, 0.1) is 11.3 Å². The molecule has 1 N–H and O–H groups in total. The van der Waals surface area contributed by atoms with Gasteiger partial charge in [-0.1, -0.05) is 19.3 Å². The van der Waals surface area contributed by atoms with Crippen LogP contribution in [0.15, 0.2) is 24.3 Å². The average molecular weight is 333 g/mol. The molecule has 1 aromatic carbocycles. The van der Waals surface area contributed by atoms with Gasteiger partial charge in [-0.05, 0) is 49.9 Å². The third-order valence-corrected chi connectivity index (χ3v) is 4.97. The summed E-state index contributed by atoms with van der Waals surface area (Å²) in [5, 5.41) is 9.40. The summed E-state index contributed by atoms with van der Waals surface area (Å²) in [5.74, 6) is -1.68. The summed E-state index contributed by atoms with van der Waals surface area (Å²) in [5.41, 5.74) is 1.28. The standard InChI is InChI=1S/C19H21F2NO2/c1-12-15(19(23)24)10-18(16-9-14(20)7-8-17(16)21)22(12)11-13-5-3-2-4-6-13/h7-10,13H,2-6,11H2,1H3,(H,23,24). The highest BCUT2D eigenvalue weighted by Crippen LogP contribution is 2.32. The van der Waals surface area contributed by atoms with Gasteiger partial charge in [0, 0.05) is 17.8 Å². The minimum absolute atomic E-state index is 0.112. The Morgan fingerprint density at radius 2 is 1.92 bits per heavy atom. The van der Waals surface area contributed by atoms with Crippen molar-refractivity contribution in [3.63, 3.8) is 0 Å². The molecule has 0 aliphatic heterocycles. The van der Waals surface area contributed by atoms with Gasteiger partial charge in [0.15, 0.2) is 0 Å². The lowest BCUT2D eigenvalue weighted by atomic mass is 9.89. The molecule has 1 fully saturated rings. The van der Waals surface area contributed by atoms with Crippen molar-refractivity contribution in [1.82, 2.24) is 4.57 Å². The highest BCUT2D eigenvalue weighted by Gasteiger charge is 2.23. The van der Waals surface area contributed by atoms with Crippen molar-refractivity contribution >= 4 is 5.97 Å². The molecule has 1 aromatic heterocycles. The van der Waals surface area contributed by atoms with Crippen LogP contribution in [0.2, 0.25) is 0 Å². The van der Waals surface area contributed by atoms with Gasteiger partial charge in [0.1, 0.15) is 11.6 Å². The second kappa shape index (κ2) is 6.75.